The van der Waals surface area contributed by atoms with Crippen molar-refractivity contribution in [3.05, 3.63) is 83.1 Å². The van der Waals surface area contributed by atoms with Gasteiger partial charge in [0.2, 0.25) is 5.91 Å². The topological polar surface area (TPSA) is 144 Å². The van der Waals surface area contributed by atoms with Gasteiger partial charge in [-0.2, -0.15) is 5.26 Å². The van der Waals surface area contributed by atoms with Crippen LogP contribution in [0.5, 0.6) is 0 Å². The summed E-state index contributed by atoms with van der Waals surface area (Å²) in [6, 6.07) is 3.03. The average Bonchev–Trinajstić information content (AvgIpc) is 3.39. The van der Waals surface area contributed by atoms with Crippen molar-refractivity contribution in [2.24, 2.45) is 5.92 Å². The average molecular weight is 414 g/mol. The van der Waals surface area contributed by atoms with Gasteiger partial charge in [0.15, 0.2) is 0 Å². The molecule has 0 radical (unpaired) electrons. The van der Waals surface area contributed by atoms with Crippen LogP contribution in [0, 0.1) is 17.2 Å². The van der Waals surface area contributed by atoms with Crippen LogP contribution in [0.3, 0.4) is 0 Å². The number of H-pyrrole nitrogens is 1. The quantitative estimate of drug-likeness (QED) is 0.530. The van der Waals surface area contributed by atoms with Crippen LogP contribution in [0.4, 0.5) is 5.82 Å². The van der Waals surface area contributed by atoms with Crippen molar-refractivity contribution in [2.75, 3.05) is 11.9 Å². The van der Waals surface area contributed by atoms with Crippen molar-refractivity contribution in [1.29, 1.82) is 5.26 Å². The van der Waals surface area contributed by atoms with Crippen molar-refractivity contribution in [3.63, 3.8) is 0 Å². The molecule has 31 heavy (non-hydrogen) atoms. The van der Waals surface area contributed by atoms with E-state index < -0.39 is 5.97 Å². The molecule has 9 nitrogen and oxygen atoms in total. The second-order valence-electron chi connectivity index (χ2n) is 6.98. The van der Waals surface area contributed by atoms with Crippen molar-refractivity contribution in [2.45, 2.75) is 6.04 Å². The highest BCUT2D eigenvalue weighted by atomic mass is 16.4. The number of hydrogen-bond donors (Lipinski definition) is 4. The van der Waals surface area contributed by atoms with Crippen LogP contribution >= 0.6 is 0 Å². The van der Waals surface area contributed by atoms with Crippen molar-refractivity contribution >= 4 is 23.8 Å². The molecule has 1 aliphatic heterocycles. The largest absolute Gasteiger partial charge is 0.478 e. The molecule has 0 saturated carbocycles. The molecule has 4 N–H and O–H groups in total. The number of carboxylic acid groups (broad SMARTS) is 1. The smallest absolute Gasteiger partial charge is 0.339 e. The number of amides is 1. The lowest BCUT2D eigenvalue weighted by Crippen LogP contribution is -2.27. The van der Waals surface area contributed by atoms with Crippen molar-refractivity contribution in [1.82, 2.24) is 20.3 Å². The van der Waals surface area contributed by atoms with Crippen LogP contribution in [0.15, 0.2) is 66.3 Å². The van der Waals surface area contributed by atoms with Gasteiger partial charge in [0.05, 0.1) is 29.8 Å². The van der Waals surface area contributed by atoms with Gasteiger partial charge in [-0.3, -0.25) is 4.79 Å². The number of aromatic nitrogens is 3. The van der Waals surface area contributed by atoms with E-state index in [-0.39, 0.29) is 34.8 Å². The summed E-state index contributed by atoms with van der Waals surface area (Å²) in [4.78, 5) is 34.6. The third-order valence-electron chi connectivity index (χ3n) is 4.95. The van der Waals surface area contributed by atoms with Gasteiger partial charge in [-0.15, -0.1) is 0 Å². The van der Waals surface area contributed by atoms with Gasteiger partial charge >= 0.3 is 5.97 Å². The van der Waals surface area contributed by atoms with E-state index >= 15 is 0 Å². The number of pyridine rings is 1. The molecule has 2 aliphatic rings. The summed E-state index contributed by atoms with van der Waals surface area (Å²) in [7, 11) is 0. The maximum atomic E-state index is 12.3. The van der Waals surface area contributed by atoms with E-state index in [9.17, 15) is 14.7 Å². The number of aromatic carboxylic acids is 1. The predicted octanol–water partition coefficient (Wildman–Crippen LogP) is 2.04. The molecule has 9 heteroatoms. The lowest BCUT2D eigenvalue weighted by atomic mass is 9.89. The number of nitrogens with one attached hydrogen (secondary N) is 3. The first-order valence-electron chi connectivity index (χ1n) is 9.50. The molecule has 1 fully saturated rings. The maximum Gasteiger partial charge on any atom is 0.339 e. The van der Waals surface area contributed by atoms with Crippen LogP contribution < -0.4 is 10.6 Å². The van der Waals surface area contributed by atoms with E-state index in [1.165, 1.54) is 12.3 Å². The molecule has 2 unspecified atom stereocenters. The number of carboxylic acids is 1. The van der Waals surface area contributed by atoms with Gasteiger partial charge in [0, 0.05) is 24.2 Å². The van der Waals surface area contributed by atoms with Gasteiger partial charge in [-0.1, -0.05) is 30.4 Å². The standard InChI is InChI=1S/C22H18N6O3/c23-9-14-6-18(22(30)31)20(26-10-14)25-5-1-2-13-3-4-16-17(8-15-11-24-12-27-15)21(29)28-19(16)7-13/h1-4,6-8,10-12,16,19H,5H2,(H,24,27)(H,25,26)(H,28,29)(H,30,31)/b2-1+,17-8-. The normalized spacial score (nSPS) is 20.9. The fraction of sp³-hybridized carbons (Fsp3) is 0.136. The number of nitrogens with zero attached hydrogens (tertiary/aromatic N) is 3. The van der Waals surface area contributed by atoms with E-state index in [2.05, 4.69) is 25.6 Å². The number of carbonyl (C=O) groups excluding carboxylic acids is 1. The van der Waals surface area contributed by atoms with Gasteiger partial charge in [-0.05, 0) is 17.7 Å². The first-order chi connectivity index (χ1) is 15.0. The molecule has 1 aliphatic carbocycles. The molecule has 0 bridgehead atoms. The maximum absolute atomic E-state index is 12.3. The summed E-state index contributed by atoms with van der Waals surface area (Å²) in [5, 5.41) is 24.1. The van der Waals surface area contributed by atoms with Crippen LogP contribution in [0.1, 0.15) is 21.6 Å². The number of allylic oxidation sites excluding steroid dienone is 3. The number of imidazole rings is 1. The Bertz CT molecular complexity index is 1180. The lowest BCUT2D eigenvalue weighted by Gasteiger charge is -2.17. The number of fused-ring (bicyclic) bond motifs is 1. The molecule has 1 saturated heterocycles. The molecule has 1 amide bonds. The molecule has 0 spiro atoms. The third-order valence-corrected chi connectivity index (χ3v) is 4.95. The van der Waals surface area contributed by atoms with E-state index in [4.69, 9.17) is 5.26 Å². The van der Waals surface area contributed by atoms with Crippen molar-refractivity contribution < 1.29 is 14.7 Å². The second-order valence-corrected chi connectivity index (χ2v) is 6.98. The molecular formula is C22H18N6O3. The van der Waals surface area contributed by atoms with Crippen molar-refractivity contribution in [3.8, 4) is 6.07 Å². The fourth-order valence-corrected chi connectivity index (χ4v) is 3.48. The monoisotopic (exact) mass is 414 g/mol. The summed E-state index contributed by atoms with van der Waals surface area (Å²) in [5.74, 6) is -1.12. The molecule has 2 atom stereocenters. The number of nitriles is 1. The molecule has 4 rings (SSSR count). The zero-order chi connectivity index (χ0) is 21.8. The Labute approximate surface area is 177 Å². The molecular weight excluding hydrogens is 396 g/mol. The Hall–Kier alpha value is -4.45. The van der Waals surface area contributed by atoms with E-state index in [0.717, 1.165) is 11.3 Å². The van der Waals surface area contributed by atoms with Crippen LogP contribution in [-0.4, -0.2) is 44.5 Å². The fourth-order valence-electron chi connectivity index (χ4n) is 3.48. The van der Waals surface area contributed by atoms with Crippen LogP contribution in [0.2, 0.25) is 0 Å². The number of aromatic amines is 1. The van der Waals surface area contributed by atoms with Gasteiger partial charge in [0.25, 0.3) is 0 Å². The first-order valence-corrected chi connectivity index (χ1v) is 9.50. The zero-order valence-corrected chi connectivity index (χ0v) is 16.2. The SMILES string of the molecule is N#Cc1cnc(NC/C=C/C2=CC3NC(=O)/C(=C\c4cnc[nH]4)C3C=C2)c(C(=O)O)c1. The zero-order valence-electron chi connectivity index (χ0n) is 16.2. The number of hydrogen-bond acceptors (Lipinski definition) is 6. The summed E-state index contributed by atoms with van der Waals surface area (Å²) < 4.78 is 0. The highest BCUT2D eigenvalue weighted by Crippen LogP contribution is 2.31. The number of anilines is 1. The lowest BCUT2D eigenvalue weighted by molar-refractivity contribution is -0.116. The Balaban J connectivity index is 1.40. The third kappa shape index (κ3) is 4.28. The molecule has 2 aromatic heterocycles. The predicted molar refractivity (Wildman–Crippen MR) is 113 cm³/mol. The minimum atomic E-state index is -1.16. The van der Waals surface area contributed by atoms with E-state index in [1.54, 1.807) is 18.6 Å². The van der Waals surface area contributed by atoms with Gasteiger partial charge < -0.3 is 20.7 Å². The Morgan fingerprint density at radius 3 is 3.00 bits per heavy atom. The van der Waals surface area contributed by atoms with E-state index in [1.807, 2.05) is 36.4 Å². The second kappa shape index (κ2) is 8.51. The molecule has 3 heterocycles. The number of carbonyl (C=O) groups is 2. The van der Waals surface area contributed by atoms with E-state index in [0.29, 0.717) is 12.1 Å². The van der Waals surface area contributed by atoms with Gasteiger partial charge in [-0.25, -0.2) is 14.8 Å². The minimum Gasteiger partial charge on any atom is -0.478 e. The molecule has 154 valence electrons. The Morgan fingerprint density at radius 1 is 1.39 bits per heavy atom. The molecule has 0 aromatic carbocycles. The molecule has 2 aromatic rings. The summed E-state index contributed by atoms with van der Waals surface area (Å²) in [5.41, 5.74) is 2.51. The Kier molecular flexibility index (Phi) is 5.45. The highest BCUT2D eigenvalue weighted by molar-refractivity contribution is 6.01. The minimum absolute atomic E-state index is 0.0490. The summed E-state index contributed by atoms with van der Waals surface area (Å²) in [6.07, 6.45) is 16.0. The van der Waals surface area contributed by atoms with Crippen LogP contribution in [-0.2, 0) is 4.79 Å². The van der Waals surface area contributed by atoms with Crippen LogP contribution in [0.25, 0.3) is 6.08 Å². The van der Waals surface area contributed by atoms with Gasteiger partial charge in [0.1, 0.15) is 17.5 Å². The highest BCUT2D eigenvalue weighted by Gasteiger charge is 2.35. The summed E-state index contributed by atoms with van der Waals surface area (Å²) in [6.45, 7) is 0.343. The number of rotatable bonds is 6. The Morgan fingerprint density at radius 2 is 2.26 bits per heavy atom. The summed E-state index contributed by atoms with van der Waals surface area (Å²) >= 11 is 0. The first kappa shape index (κ1) is 19.8.